The molecule has 2 N–H and O–H groups in total. The van der Waals surface area contributed by atoms with Crippen molar-refractivity contribution in [2.75, 3.05) is 7.05 Å². The molecule has 0 radical (unpaired) electrons. The highest BCUT2D eigenvalue weighted by Gasteiger charge is 2.16. The van der Waals surface area contributed by atoms with Crippen LogP contribution in [0.2, 0.25) is 0 Å². The van der Waals surface area contributed by atoms with Gasteiger partial charge in [-0.05, 0) is 50.2 Å². The maximum absolute atomic E-state index is 12.4. The van der Waals surface area contributed by atoms with Crippen LogP contribution in [-0.4, -0.2) is 21.4 Å². The van der Waals surface area contributed by atoms with E-state index in [9.17, 15) is 13.2 Å². The zero-order valence-electron chi connectivity index (χ0n) is 13.3. The number of sulfonamides is 1. The number of hydrogen-bond donors (Lipinski definition) is 2. The van der Waals surface area contributed by atoms with Crippen LogP contribution in [0, 0.1) is 6.92 Å². The monoisotopic (exact) mass is 332 g/mol. The van der Waals surface area contributed by atoms with E-state index in [1.165, 1.54) is 19.2 Å². The minimum Gasteiger partial charge on any atom is -0.346 e. The molecule has 6 heteroatoms. The van der Waals surface area contributed by atoms with E-state index >= 15 is 0 Å². The van der Waals surface area contributed by atoms with Crippen molar-refractivity contribution in [2.45, 2.75) is 24.8 Å². The van der Waals surface area contributed by atoms with Crippen LogP contribution in [0.5, 0.6) is 0 Å². The normalized spacial score (nSPS) is 12.7. The van der Waals surface area contributed by atoms with Gasteiger partial charge in [-0.3, -0.25) is 4.79 Å². The van der Waals surface area contributed by atoms with Gasteiger partial charge in [0.15, 0.2) is 0 Å². The molecule has 0 fully saturated rings. The summed E-state index contributed by atoms with van der Waals surface area (Å²) in [6.45, 7) is 3.88. The topological polar surface area (TPSA) is 75.3 Å². The zero-order valence-corrected chi connectivity index (χ0v) is 14.1. The molecule has 0 heterocycles. The third-order valence-corrected chi connectivity index (χ3v) is 5.09. The number of amides is 1. The molecular weight excluding hydrogens is 312 g/mol. The van der Waals surface area contributed by atoms with Gasteiger partial charge in [0.25, 0.3) is 5.91 Å². The number of benzene rings is 2. The summed E-state index contributed by atoms with van der Waals surface area (Å²) in [7, 11) is -2.24. The van der Waals surface area contributed by atoms with Crippen LogP contribution < -0.4 is 10.0 Å². The number of rotatable bonds is 5. The van der Waals surface area contributed by atoms with Gasteiger partial charge < -0.3 is 5.32 Å². The van der Waals surface area contributed by atoms with Crippen molar-refractivity contribution < 1.29 is 13.2 Å². The van der Waals surface area contributed by atoms with Crippen molar-refractivity contribution in [2.24, 2.45) is 0 Å². The molecule has 0 saturated heterocycles. The van der Waals surface area contributed by atoms with E-state index in [0.29, 0.717) is 5.56 Å². The van der Waals surface area contributed by atoms with E-state index in [-0.39, 0.29) is 16.8 Å². The lowest BCUT2D eigenvalue weighted by molar-refractivity contribution is 0.0939. The van der Waals surface area contributed by atoms with E-state index in [0.717, 1.165) is 11.1 Å². The van der Waals surface area contributed by atoms with Crippen LogP contribution in [0.25, 0.3) is 0 Å². The average molecular weight is 332 g/mol. The lowest BCUT2D eigenvalue weighted by Gasteiger charge is -2.17. The Labute approximate surface area is 136 Å². The van der Waals surface area contributed by atoms with Crippen molar-refractivity contribution in [3.8, 4) is 0 Å². The van der Waals surface area contributed by atoms with Gasteiger partial charge >= 0.3 is 0 Å². The first-order valence-corrected chi connectivity index (χ1v) is 8.73. The van der Waals surface area contributed by atoms with Crippen LogP contribution in [0.1, 0.15) is 34.5 Å². The first kappa shape index (κ1) is 17.2. The molecule has 0 aliphatic rings. The van der Waals surface area contributed by atoms with Gasteiger partial charge in [0.05, 0.1) is 10.9 Å². The molecule has 1 atom stereocenters. The van der Waals surface area contributed by atoms with Crippen molar-refractivity contribution in [3.63, 3.8) is 0 Å². The smallest absolute Gasteiger partial charge is 0.251 e. The molecule has 0 bridgehead atoms. The molecule has 2 aromatic rings. The Bertz CT molecular complexity index is 816. The predicted molar refractivity (Wildman–Crippen MR) is 89.7 cm³/mol. The predicted octanol–water partition coefficient (Wildman–Crippen LogP) is 2.39. The standard InChI is InChI=1S/C17H20N2O3S/c1-12-7-4-5-10-16(12)13(2)19-17(20)14-8-6-9-15(11-14)23(21,22)18-3/h4-11,13,18H,1-3H3,(H,19,20)/t13-/m1/s1. The minimum atomic E-state index is -3.57. The molecule has 23 heavy (non-hydrogen) atoms. The first-order valence-electron chi connectivity index (χ1n) is 7.25. The van der Waals surface area contributed by atoms with Crippen molar-refractivity contribution >= 4 is 15.9 Å². The summed E-state index contributed by atoms with van der Waals surface area (Å²) >= 11 is 0. The number of carbonyl (C=O) groups excluding carboxylic acids is 1. The Kier molecular flexibility index (Phi) is 5.18. The summed E-state index contributed by atoms with van der Waals surface area (Å²) in [5.41, 5.74) is 2.42. The summed E-state index contributed by atoms with van der Waals surface area (Å²) < 4.78 is 25.9. The van der Waals surface area contributed by atoms with E-state index in [4.69, 9.17) is 0 Å². The van der Waals surface area contributed by atoms with Gasteiger partial charge in [0.1, 0.15) is 0 Å². The third-order valence-electron chi connectivity index (χ3n) is 3.68. The number of aryl methyl sites for hydroxylation is 1. The molecule has 0 spiro atoms. The summed E-state index contributed by atoms with van der Waals surface area (Å²) in [6, 6.07) is 13.6. The van der Waals surface area contributed by atoms with Gasteiger partial charge in [-0.15, -0.1) is 0 Å². The van der Waals surface area contributed by atoms with Crippen LogP contribution in [-0.2, 0) is 10.0 Å². The SMILES string of the molecule is CNS(=O)(=O)c1cccc(C(=O)N[C@H](C)c2ccccc2C)c1. The van der Waals surface area contributed by atoms with Gasteiger partial charge in [0.2, 0.25) is 10.0 Å². The fraction of sp³-hybridized carbons (Fsp3) is 0.235. The van der Waals surface area contributed by atoms with Crippen LogP contribution >= 0.6 is 0 Å². The highest BCUT2D eigenvalue weighted by atomic mass is 32.2. The number of carbonyl (C=O) groups is 1. The Hall–Kier alpha value is -2.18. The van der Waals surface area contributed by atoms with Crippen molar-refractivity contribution in [3.05, 3.63) is 65.2 Å². The third kappa shape index (κ3) is 3.97. The van der Waals surface area contributed by atoms with Crippen LogP contribution in [0.15, 0.2) is 53.4 Å². The quantitative estimate of drug-likeness (QED) is 0.883. The minimum absolute atomic E-state index is 0.0659. The Morgan fingerprint density at radius 2 is 1.78 bits per heavy atom. The molecule has 0 unspecified atom stereocenters. The molecule has 2 rings (SSSR count). The molecule has 2 aromatic carbocycles. The fourth-order valence-electron chi connectivity index (χ4n) is 2.35. The van der Waals surface area contributed by atoms with E-state index in [2.05, 4.69) is 10.0 Å². The second kappa shape index (κ2) is 6.93. The molecular formula is C17H20N2O3S. The lowest BCUT2D eigenvalue weighted by Crippen LogP contribution is -2.27. The molecule has 0 aromatic heterocycles. The summed E-state index contributed by atoms with van der Waals surface area (Å²) in [5.74, 6) is -0.311. The lowest BCUT2D eigenvalue weighted by atomic mass is 10.0. The molecule has 0 aliphatic heterocycles. The number of hydrogen-bond acceptors (Lipinski definition) is 3. The summed E-state index contributed by atoms with van der Waals surface area (Å²) in [4.78, 5) is 12.4. The summed E-state index contributed by atoms with van der Waals surface area (Å²) in [5, 5.41) is 2.90. The van der Waals surface area contributed by atoms with Gasteiger partial charge in [-0.2, -0.15) is 0 Å². The fourth-order valence-corrected chi connectivity index (χ4v) is 3.13. The second-order valence-electron chi connectivity index (χ2n) is 5.29. The van der Waals surface area contributed by atoms with Crippen molar-refractivity contribution in [1.29, 1.82) is 0 Å². The number of nitrogens with one attached hydrogen (secondary N) is 2. The Balaban J connectivity index is 2.22. The molecule has 0 aliphatic carbocycles. The molecule has 1 amide bonds. The van der Waals surface area contributed by atoms with Gasteiger partial charge in [-0.25, -0.2) is 13.1 Å². The van der Waals surface area contributed by atoms with Gasteiger partial charge in [-0.1, -0.05) is 30.3 Å². The van der Waals surface area contributed by atoms with E-state index < -0.39 is 10.0 Å². The van der Waals surface area contributed by atoms with Crippen LogP contribution in [0.3, 0.4) is 0 Å². The molecule has 0 saturated carbocycles. The van der Waals surface area contributed by atoms with Gasteiger partial charge in [0, 0.05) is 5.56 Å². The van der Waals surface area contributed by atoms with E-state index in [1.54, 1.807) is 12.1 Å². The maximum Gasteiger partial charge on any atom is 0.251 e. The Morgan fingerprint density at radius 1 is 1.09 bits per heavy atom. The maximum atomic E-state index is 12.4. The average Bonchev–Trinajstić information content (AvgIpc) is 2.55. The first-order chi connectivity index (χ1) is 10.8. The molecule has 122 valence electrons. The highest BCUT2D eigenvalue weighted by molar-refractivity contribution is 7.89. The highest BCUT2D eigenvalue weighted by Crippen LogP contribution is 2.18. The van der Waals surface area contributed by atoms with Crippen LogP contribution in [0.4, 0.5) is 0 Å². The Morgan fingerprint density at radius 3 is 2.43 bits per heavy atom. The second-order valence-corrected chi connectivity index (χ2v) is 7.17. The largest absolute Gasteiger partial charge is 0.346 e. The molecule has 5 nitrogen and oxygen atoms in total. The van der Waals surface area contributed by atoms with Crippen molar-refractivity contribution in [1.82, 2.24) is 10.0 Å². The summed E-state index contributed by atoms with van der Waals surface area (Å²) in [6.07, 6.45) is 0. The van der Waals surface area contributed by atoms with E-state index in [1.807, 2.05) is 38.1 Å². The zero-order chi connectivity index (χ0) is 17.0.